The first-order valence-electron chi connectivity index (χ1n) is 8.47. The van der Waals surface area contributed by atoms with Gasteiger partial charge in [0.2, 0.25) is 10.0 Å². The molecule has 0 aliphatic carbocycles. The number of benzene rings is 2. The number of nitrogens with zero attached hydrogens (tertiary/aromatic N) is 1. The van der Waals surface area contributed by atoms with Crippen molar-refractivity contribution in [1.82, 2.24) is 4.31 Å². The van der Waals surface area contributed by atoms with Gasteiger partial charge in [-0.25, -0.2) is 8.42 Å². The SMILES string of the molecule is C=C1CCCN(S(=O)(=O)c2ccc(C)cc2)C/C1=C/c1ccccc1. The van der Waals surface area contributed by atoms with E-state index >= 15 is 0 Å². The maximum atomic E-state index is 13.0. The van der Waals surface area contributed by atoms with Gasteiger partial charge < -0.3 is 0 Å². The minimum Gasteiger partial charge on any atom is -0.207 e. The van der Waals surface area contributed by atoms with Crippen LogP contribution in [-0.2, 0) is 10.0 Å². The van der Waals surface area contributed by atoms with Gasteiger partial charge in [0.05, 0.1) is 4.90 Å². The lowest BCUT2D eigenvalue weighted by Crippen LogP contribution is -2.32. The molecule has 0 aromatic heterocycles. The van der Waals surface area contributed by atoms with Crippen molar-refractivity contribution in [3.8, 4) is 0 Å². The molecule has 3 nitrogen and oxygen atoms in total. The first-order chi connectivity index (χ1) is 12.0. The Morgan fingerprint density at radius 1 is 1.04 bits per heavy atom. The van der Waals surface area contributed by atoms with Gasteiger partial charge in [-0.3, -0.25) is 0 Å². The highest BCUT2D eigenvalue weighted by Gasteiger charge is 2.27. The summed E-state index contributed by atoms with van der Waals surface area (Å²) in [7, 11) is -3.50. The number of hydrogen-bond acceptors (Lipinski definition) is 2. The van der Waals surface area contributed by atoms with Gasteiger partial charge >= 0.3 is 0 Å². The molecule has 0 atom stereocenters. The summed E-state index contributed by atoms with van der Waals surface area (Å²) in [5, 5.41) is 0. The van der Waals surface area contributed by atoms with Gasteiger partial charge in [-0.15, -0.1) is 0 Å². The first-order valence-corrected chi connectivity index (χ1v) is 9.91. The largest absolute Gasteiger partial charge is 0.243 e. The predicted molar refractivity (Wildman–Crippen MR) is 103 cm³/mol. The second kappa shape index (κ2) is 7.38. The highest BCUT2D eigenvalue weighted by molar-refractivity contribution is 7.89. The lowest BCUT2D eigenvalue weighted by Gasteiger charge is -2.21. The Labute approximate surface area is 150 Å². The van der Waals surface area contributed by atoms with E-state index in [1.165, 1.54) is 0 Å². The van der Waals surface area contributed by atoms with Crippen molar-refractivity contribution in [1.29, 1.82) is 0 Å². The Hall–Kier alpha value is -2.17. The van der Waals surface area contributed by atoms with Gasteiger partial charge in [0.15, 0.2) is 0 Å². The van der Waals surface area contributed by atoms with Crippen LogP contribution in [0.5, 0.6) is 0 Å². The summed E-state index contributed by atoms with van der Waals surface area (Å²) >= 11 is 0. The molecule has 1 heterocycles. The Balaban J connectivity index is 1.93. The maximum absolute atomic E-state index is 13.0. The van der Waals surface area contributed by atoms with Crippen molar-refractivity contribution < 1.29 is 8.42 Å². The van der Waals surface area contributed by atoms with E-state index in [9.17, 15) is 8.42 Å². The van der Waals surface area contributed by atoms with Crippen LogP contribution in [-0.4, -0.2) is 25.8 Å². The van der Waals surface area contributed by atoms with Gasteiger partial charge in [0.1, 0.15) is 0 Å². The van der Waals surface area contributed by atoms with Crippen LogP contribution in [0.1, 0.15) is 24.0 Å². The molecule has 0 bridgehead atoms. The van der Waals surface area contributed by atoms with Crippen LogP contribution in [0.2, 0.25) is 0 Å². The Bertz CT molecular complexity index is 881. The van der Waals surface area contributed by atoms with Crippen LogP contribution in [0.4, 0.5) is 0 Å². The molecular formula is C21H23NO2S. The van der Waals surface area contributed by atoms with E-state index in [4.69, 9.17) is 0 Å². The van der Waals surface area contributed by atoms with Crippen LogP contribution in [0, 0.1) is 6.92 Å². The van der Waals surface area contributed by atoms with E-state index in [1.54, 1.807) is 16.4 Å². The summed E-state index contributed by atoms with van der Waals surface area (Å²) in [4.78, 5) is 0.352. The first kappa shape index (κ1) is 17.6. The molecule has 1 saturated heterocycles. The normalized spacial score (nSPS) is 18.3. The highest BCUT2D eigenvalue weighted by atomic mass is 32.2. The third-order valence-corrected chi connectivity index (χ3v) is 6.35. The number of hydrogen-bond donors (Lipinski definition) is 0. The van der Waals surface area contributed by atoms with Crippen LogP contribution >= 0.6 is 0 Å². The number of rotatable bonds is 3. The second-order valence-electron chi connectivity index (χ2n) is 6.44. The standard InChI is InChI=1S/C21H23NO2S/c1-17-10-12-21(13-11-17)25(23,24)22-14-6-7-18(2)20(16-22)15-19-8-4-3-5-9-19/h3-5,8-13,15H,2,6-7,14,16H2,1H3/b20-15-. The monoisotopic (exact) mass is 353 g/mol. The third-order valence-electron chi connectivity index (χ3n) is 4.49. The van der Waals surface area contributed by atoms with Crippen molar-refractivity contribution in [3.05, 3.63) is 83.4 Å². The molecule has 25 heavy (non-hydrogen) atoms. The molecule has 0 radical (unpaired) electrons. The fourth-order valence-corrected chi connectivity index (χ4v) is 4.43. The summed E-state index contributed by atoms with van der Waals surface area (Å²) in [5.41, 5.74) is 4.12. The van der Waals surface area contributed by atoms with Crippen LogP contribution < -0.4 is 0 Å². The fraction of sp³-hybridized carbons (Fsp3) is 0.238. The molecule has 3 rings (SSSR count). The van der Waals surface area contributed by atoms with Gasteiger partial charge in [0, 0.05) is 13.1 Å². The lowest BCUT2D eigenvalue weighted by molar-refractivity contribution is 0.441. The zero-order valence-electron chi connectivity index (χ0n) is 14.5. The minimum atomic E-state index is -3.50. The zero-order valence-corrected chi connectivity index (χ0v) is 15.3. The van der Waals surface area contributed by atoms with Crippen molar-refractivity contribution in [3.63, 3.8) is 0 Å². The molecule has 0 N–H and O–H groups in total. The van der Waals surface area contributed by atoms with Gasteiger partial charge in [-0.05, 0) is 43.0 Å². The Kier molecular flexibility index (Phi) is 5.21. The van der Waals surface area contributed by atoms with Gasteiger partial charge in [0.25, 0.3) is 0 Å². The molecule has 2 aromatic rings. The van der Waals surface area contributed by atoms with Crippen molar-refractivity contribution in [2.24, 2.45) is 0 Å². The quantitative estimate of drug-likeness (QED) is 0.819. The fourth-order valence-electron chi connectivity index (χ4n) is 2.97. The lowest BCUT2D eigenvalue weighted by atomic mass is 10.0. The maximum Gasteiger partial charge on any atom is 0.243 e. The number of aryl methyl sites for hydroxylation is 1. The molecule has 130 valence electrons. The third kappa shape index (κ3) is 4.09. The van der Waals surface area contributed by atoms with E-state index in [0.717, 1.165) is 35.1 Å². The summed E-state index contributed by atoms with van der Waals surface area (Å²) in [5.74, 6) is 0. The molecule has 1 fully saturated rings. The van der Waals surface area contributed by atoms with Crippen LogP contribution in [0.3, 0.4) is 0 Å². The minimum absolute atomic E-state index is 0.352. The Morgan fingerprint density at radius 3 is 2.40 bits per heavy atom. The average molecular weight is 353 g/mol. The molecule has 2 aromatic carbocycles. The molecule has 0 saturated carbocycles. The van der Waals surface area contributed by atoms with Gasteiger partial charge in [-0.1, -0.05) is 66.3 Å². The summed E-state index contributed by atoms with van der Waals surface area (Å²) in [6.45, 7) is 6.99. The molecule has 0 unspecified atom stereocenters. The average Bonchev–Trinajstić information content (AvgIpc) is 2.79. The van der Waals surface area contributed by atoms with E-state index in [0.29, 0.717) is 18.0 Å². The van der Waals surface area contributed by atoms with Crippen LogP contribution in [0.15, 0.2) is 77.2 Å². The number of sulfonamides is 1. The smallest absolute Gasteiger partial charge is 0.207 e. The van der Waals surface area contributed by atoms with Crippen molar-refractivity contribution >= 4 is 16.1 Å². The van der Waals surface area contributed by atoms with E-state index in [-0.39, 0.29) is 0 Å². The molecule has 1 aliphatic heterocycles. The summed E-state index contributed by atoms with van der Waals surface area (Å²) in [6.07, 6.45) is 3.65. The summed E-state index contributed by atoms with van der Waals surface area (Å²) < 4.78 is 27.6. The molecule has 1 aliphatic rings. The Morgan fingerprint density at radius 2 is 1.72 bits per heavy atom. The highest BCUT2D eigenvalue weighted by Crippen LogP contribution is 2.27. The molecular weight excluding hydrogens is 330 g/mol. The molecule has 4 heteroatoms. The van der Waals surface area contributed by atoms with Gasteiger partial charge in [-0.2, -0.15) is 4.31 Å². The zero-order chi connectivity index (χ0) is 17.9. The van der Waals surface area contributed by atoms with Crippen molar-refractivity contribution in [2.75, 3.05) is 13.1 Å². The van der Waals surface area contributed by atoms with E-state index in [1.807, 2.05) is 55.5 Å². The summed E-state index contributed by atoms with van der Waals surface area (Å²) in [6, 6.07) is 17.0. The molecule has 0 spiro atoms. The van der Waals surface area contributed by atoms with Crippen molar-refractivity contribution in [2.45, 2.75) is 24.7 Å². The topological polar surface area (TPSA) is 37.4 Å². The van der Waals surface area contributed by atoms with E-state index in [2.05, 4.69) is 6.58 Å². The van der Waals surface area contributed by atoms with E-state index < -0.39 is 10.0 Å². The molecule has 0 amide bonds. The van der Waals surface area contributed by atoms with Crippen LogP contribution in [0.25, 0.3) is 6.08 Å². The second-order valence-corrected chi connectivity index (χ2v) is 8.38. The predicted octanol–water partition coefficient (Wildman–Crippen LogP) is 4.42.